The molecule has 0 aliphatic carbocycles. The number of hydrogen-bond donors (Lipinski definition) is 0. The average molecular weight is 281 g/mol. The van der Waals surface area contributed by atoms with Gasteiger partial charge >= 0.3 is 9.28 Å². The molecule has 0 aliphatic heterocycles. The van der Waals surface area contributed by atoms with Crippen molar-refractivity contribution in [1.29, 1.82) is 0 Å². The third kappa shape index (κ3) is 4.28. The van der Waals surface area contributed by atoms with E-state index in [4.69, 9.17) is 8.85 Å². The molecule has 0 amide bonds. The van der Waals surface area contributed by atoms with Gasteiger partial charge in [-0.15, -0.1) is 11.8 Å². The lowest BCUT2D eigenvalue weighted by Crippen LogP contribution is -2.39. The van der Waals surface area contributed by atoms with Gasteiger partial charge in [-0.2, -0.15) is 0 Å². The van der Waals surface area contributed by atoms with Gasteiger partial charge in [0.25, 0.3) is 0 Å². The van der Waals surface area contributed by atoms with Crippen molar-refractivity contribution in [3.8, 4) is 0 Å². The molecule has 1 rings (SSSR count). The summed E-state index contributed by atoms with van der Waals surface area (Å²) in [5.41, 5.74) is 1.29. The van der Waals surface area contributed by atoms with Gasteiger partial charge in [-0.05, 0) is 36.9 Å². The van der Waals surface area contributed by atoms with Crippen LogP contribution in [0.2, 0.25) is 0 Å². The molecule has 0 heterocycles. The van der Waals surface area contributed by atoms with Crippen LogP contribution in [-0.4, -0.2) is 22.5 Å². The van der Waals surface area contributed by atoms with Crippen LogP contribution in [-0.2, 0) is 8.85 Å². The molecule has 0 fully saturated rings. The maximum atomic E-state index is 5.78. The van der Waals surface area contributed by atoms with Crippen LogP contribution >= 0.6 is 11.8 Å². The number of rotatable bonds is 8. The van der Waals surface area contributed by atoms with Gasteiger partial charge in [-0.3, -0.25) is 0 Å². The average Bonchev–Trinajstić information content (AvgIpc) is 2.39. The van der Waals surface area contributed by atoms with E-state index in [0.717, 1.165) is 0 Å². The topological polar surface area (TPSA) is 18.5 Å². The summed E-state index contributed by atoms with van der Waals surface area (Å²) >= 11 is 1.72. The Hall–Kier alpha value is -0.553. The molecule has 1 aromatic rings. The second-order valence-electron chi connectivity index (χ2n) is 3.69. The Bertz CT molecular complexity index is 365. The fourth-order valence-electron chi connectivity index (χ4n) is 1.71. The molecule has 1 radical (unpaired) electrons. The number of thioether (sulfide) groups is 1. The molecule has 0 saturated heterocycles. The third-order valence-electron chi connectivity index (χ3n) is 2.47. The molecule has 1 atom stereocenters. The smallest absolute Gasteiger partial charge is 0.390 e. The van der Waals surface area contributed by atoms with E-state index in [0.29, 0.717) is 18.5 Å². The minimum Gasteiger partial charge on any atom is -0.390 e. The molecule has 0 aliphatic rings. The molecule has 0 spiro atoms. The minimum atomic E-state index is -1.36. The van der Waals surface area contributed by atoms with Gasteiger partial charge in [-0.1, -0.05) is 30.8 Å². The highest BCUT2D eigenvalue weighted by Gasteiger charge is 2.23. The summed E-state index contributed by atoms with van der Waals surface area (Å²) in [6.07, 6.45) is 0. The van der Waals surface area contributed by atoms with E-state index < -0.39 is 9.28 Å². The molecular formula is C14H21O2SSi. The zero-order chi connectivity index (χ0) is 13.4. The molecular weight excluding hydrogens is 260 g/mol. The lowest BCUT2D eigenvalue weighted by molar-refractivity contribution is 0.225. The predicted molar refractivity (Wildman–Crippen MR) is 81.3 cm³/mol. The quantitative estimate of drug-likeness (QED) is 0.681. The monoisotopic (exact) mass is 281 g/mol. The maximum Gasteiger partial charge on any atom is 0.423 e. The Kier molecular flexibility index (Phi) is 7.35. The van der Waals surface area contributed by atoms with E-state index in [9.17, 15) is 0 Å². The first-order valence-corrected chi connectivity index (χ1v) is 8.48. The van der Waals surface area contributed by atoms with Crippen LogP contribution < -0.4 is 5.19 Å². The lowest BCUT2D eigenvalue weighted by atomic mass is 10.2. The third-order valence-corrected chi connectivity index (χ3v) is 5.32. The molecule has 4 heteroatoms. The van der Waals surface area contributed by atoms with Gasteiger partial charge < -0.3 is 8.85 Å². The highest BCUT2D eigenvalue weighted by Crippen LogP contribution is 2.27. The summed E-state index contributed by atoms with van der Waals surface area (Å²) in [5.74, 6) is 0. The summed E-state index contributed by atoms with van der Waals surface area (Å²) < 4.78 is 11.6. The van der Waals surface area contributed by atoms with E-state index >= 15 is 0 Å². The van der Waals surface area contributed by atoms with Crippen molar-refractivity contribution >= 4 is 26.2 Å². The van der Waals surface area contributed by atoms with E-state index in [1.165, 1.54) is 10.8 Å². The zero-order valence-electron chi connectivity index (χ0n) is 11.3. The highest BCUT2D eigenvalue weighted by molar-refractivity contribution is 8.02. The molecule has 0 saturated carbocycles. The molecule has 1 aromatic carbocycles. The summed E-state index contributed by atoms with van der Waals surface area (Å²) in [6.45, 7) is 11.4. The fraction of sp³-hybridized carbons (Fsp3) is 0.429. The maximum absolute atomic E-state index is 5.78. The Balaban J connectivity index is 3.00. The van der Waals surface area contributed by atoms with Crippen molar-refractivity contribution < 1.29 is 8.85 Å². The summed E-state index contributed by atoms with van der Waals surface area (Å²) in [6, 6.07) is 8.39. The second kappa shape index (κ2) is 8.53. The Morgan fingerprint density at radius 1 is 1.28 bits per heavy atom. The van der Waals surface area contributed by atoms with Gasteiger partial charge in [0.1, 0.15) is 0 Å². The van der Waals surface area contributed by atoms with Gasteiger partial charge in [0.2, 0.25) is 0 Å². The van der Waals surface area contributed by atoms with Crippen molar-refractivity contribution in [2.24, 2.45) is 0 Å². The van der Waals surface area contributed by atoms with Crippen LogP contribution in [0.5, 0.6) is 0 Å². The van der Waals surface area contributed by atoms with E-state index in [1.54, 1.807) is 11.8 Å². The van der Waals surface area contributed by atoms with Gasteiger partial charge in [0.05, 0.1) is 0 Å². The predicted octanol–water partition coefficient (Wildman–Crippen LogP) is 3.39. The Morgan fingerprint density at radius 3 is 2.44 bits per heavy atom. The van der Waals surface area contributed by atoms with Crippen LogP contribution in [0, 0.1) is 0 Å². The lowest BCUT2D eigenvalue weighted by Gasteiger charge is -2.19. The van der Waals surface area contributed by atoms with Crippen molar-refractivity contribution in [1.82, 2.24) is 0 Å². The first-order chi connectivity index (χ1) is 8.74. The Morgan fingerprint density at radius 2 is 1.89 bits per heavy atom. The summed E-state index contributed by atoms with van der Waals surface area (Å²) in [4.78, 5) is 0. The molecule has 1 unspecified atom stereocenters. The SMILES string of the molecule is C=CSC(C)c1ccccc1[Si](OCC)OCC. The first kappa shape index (κ1) is 15.5. The van der Waals surface area contributed by atoms with Crippen molar-refractivity contribution in [2.45, 2.75) is 26.0 Å². The van der Waals surface area contributed by atoms with Crippen LogP contribution in [0.15, 0.2) is 36.3 Å². The number of hydrogen-bond acceptors (Lipinski definition) is 3. The summed E-state index contributed by atoms with van der Waals surface area (Å²) in [5, 5.41) is 3.47. The van der Waals surface area contributed by atoms with Crippen LogP contribution in [0.1, 0.15) is 31.6 Å². The molecule has 0 N–H and O–H groups in total. The zero-order valence-corrected chi connectivity index (χ0v) is 13.1. The van der Waals surface area contributed by atoms with Gasteiger partial charge in [0.15, 0.2) is 0 Å². The van der Waals surface area contributed by atoms with Crippen LogP contribution in [0.4, 0.5) is 0 Å². The fourth-order valence-corrected chi connectivity index (χ4v) is 4.15. The molecule has 0 bridgehead atoms. The standard InChI is InChI=1S/C14H21O2SSi/c1-5-15-18(16-6-2)14-11-9-8-10-13(14)12(4)17-7-3/h7-12H,3,5-6H2,1-2,4H3. The van der Waals surface area contributed by atoms with E-state index in [2.05, 4.69) is 31.7 Å². The number of benzene rings is 1. The van der Waals surface area contributed by atoms with Crippen LogP contribution in [0.25, 0.3) is 0 Å². The van der Waals surface area contributed by atoms with Gasteiger partial charge in [0, 0.05) is 18.5 Å². The van der Waals surface area contributed by atoms with E-state index in [-0.39, 0.29) is 0 Å². The van der Waals surface area contributed by atoms with Gasteiger partial charge in [-0.25, -0.2) is 0 Å². The highest BCUT2D eigenvalue weighted by atomic mass is 32.2. The van der Waals surface area contributed by atoms with Crippen molar-refractivity contribution in [3.05, 3.63) is 41.8 Å². The normalized spacial score (nSPS) is 12.7. The van der Waals surface area contributed by atoms with Crippen LogP contribution in [0.3, 0.4) is 0 Å². The van der Waals surface area contributed by atoms with Crippen molar-refractivity contribution in [2.75, 3.05) is 13.2 Å². The van der Waals surface area contributed by atoms with Crippen molar-refractivity contribution in [3.63, 3.8) is 0 Å². The Labute approximate surface area is 116 Å². The molecule has 0 aromatic heterocycles. The largest absolute Gasteiger partial charge is 0.423 e. The summed E-state index contributed by atoms with van der Waals surface area (Å²) in [7, 11) is -1.36. The molecule has 2 nitrogen and oxygen atoms in total. The first-order valence-electron chi connectivity index (χ1n) is 6.22. The molecule has 99 valence electrons. The molecule has 18 heavy (non-hydrogen) atoms. The second-order valence-corrected chi connectivity index (χ2v) is 6.69. The van der Waals surface area contributed by atoms with E-state index in [1.807, 2.05) is 25.3 Å². The minimum absolute atomic E-state index is 0.375.